The summed E-state index contributed by atoms with van der Waals surface area (Å²) in [5, 5.41) is 9.08. The Kier molecular flexibility index (Phi) is 3.58. The van der Waals surface area contributed by atoms with E-state index < -0.39 is 11.8 Å². The maximum absolute atomic E-state index is 14.5. The van der Waals surface area contributed by atoms with Gasteiger partial charge in [-0.1, -0.05) is 0 Å². The molecule has 0 amide bonds. The van der Waals surface area contributed by atoms with Gasteiger partial charge in [0.25, 0.3) is 0 Å². The highest BCUT2D eigenvalue weighted by molar-refractivity contribution is 9.10. The fourth-order valence-corrected chi connectivity index (χ4v) is 3.10. The fraction of sp³-hybridized carbons (Fsp3) is 0.500. The maximum atomic E-state index is 14.5. The average Bonchev–Trinajstić information content (AvgIpc) is 3.22. The Bertz CT molecular complexity index is 557. The number of hydrogen-bond donors (Lipinski definition) is 1. The Hall–Kier alpha value is -1.30. The first-order valence-corrected chi connectivity index (χ1v) is 7.36. The van der Waals surface area contributed by atoms with E-state index in [1.165, 1.54) is 6.07 Å². The van der Waals surface area contributed by atoms with Crippen molar-refractivity contribution in [3.63, 3.8) is 0 Å². The Morgan fingerprint density at radius 2 is 2.15 bits per heavy atom. The predicted octanol–water partition coefficient (Wildman–Crippen LogP) is 3.33. The van der Waals surface area contributed by atoms with E-state index in [4.69, 9.17) is 14.6 Å². The summed E-state index contributed by atoms with van der Waals surface area (Å²) in [7, 11) is 0. The molecule has 0 saturated heterocycles. The highest BCUT2D eigenvalue weighted by atomic mass is 79.9. The van der Waals surface area contributed by atoms with Gasteiger partial charge in [0.15, 0.2) is 11.5 Å². The number of carbonyl (C=O) groups is 1. The molecule has 1 fully saturated rings. The molecular weight excluding hydrogens is 331 g/mol. The quantitative estimate of drug-likeness (QED) is 0.910. The van der Waals surface area contributed by atoms with Crippen molar-refractivity contribution in [3.8, 4) is 11.5 Å². The summed E-state index contributed by atoms with van der Waals surface area (Å²) in [5.74, 6) is -0.658. The monoisotopic (exact) mass is 344 g/mol. The summed E-state index contributed by atoms with van der Waals surface area (Å²) < 4.78 is 25.8. The average molecular weight is 345 g/mol. The second-order valence-electron chi connectivity index (χ2n) is 5.15. The van der Waals surface area contributed by atoms with Crippen molar-refractivity contribution in [3.05, 3.63) is 21.9 Å². The van der Waals surface area contributed by atoms with Gasteiger partial charge >= 0.3 is 5.97 Å². The minimum Gasteiger partial charge on any atom is -0.486 e. The van der Waals surface area contributed by atoms with Crippen LogP contribution in [0.1, 0.15) is 30.7 Å². The molecule has 20 heavy (non-hydrogen) atoms. The Morgan fingerprint density at radius 1 is 1.45 bits per heavy atom. The van der Waals surface area contributed by atoms with Crippen LogP contribution in [0.25, 0.3) is 0 Å². The number of aliphatic carboxylic acids is 1. The summed E-state index contributed by atoms with van der Waals surface area (Å²) in [5.41, 5.74) is 0.346. The minimum atomic E-state index is -0.924. The van der Waals surface area contributed by atoms with Crippen LogP contribution < -0.4 is 9.47 Å². The van der Waals surface area contributed by atoms with Gasteiger partial charge in [-0.25, -0.2) is 4.39 Å². The zero-order valence-electron chi connectivity index (χ0n) is 10.7. The molecule has 6 heteroatoms. The van der Waals surface area contributed by atoms with Crippen LogP contribution in [-0.2, 0) is 4.79 Å². The smallest absolute Gasteiger partial charge is 0.303 e. The first kappa shape index (κ1) is 13.7. The van der Waals surface area contributed by atoms with Gasteiger partial charge in [0.2, 0.25) is 0 Å². The van der Waals surface area contributed by atoms with Crippen molar-refractivity contribution in [2.75, 3.05) is 13.2 Å². The van der Waals surface area contributed by atoms with E-state index >= 15 is 0 Å². The van der Waals surface area contributed by atoms with Crippen LogP contribution in [0.2, 0.25) is 0 Å². The van der Waals surface area contributed by atoms with Crippen LogP contribution in [0.4, 0.5) is 4.39 Å². The molecule has 1 aliphatic carbocycles. The number of halogens is 2. The first-order chi connectivity index (χ1) is 9.58. The summed E-state index contributed by atoms with van der Waals surface area (Å²) >= 11 is 3.17. The molecule has 1 N–H and O–H groups in total. The van der Waals surface area contributed by atoms with Crippen molar-refractivity contribution >= 4 is 21.9 Å². The second-order valence-corrected chi connectivity index (χ2v) is 6.01. The fourth-order valence-electron chi connectivity index (χ4n) is 2.68. The van der Waals surface area contributed by atoms with Gasteiger partial charge in [-0.15, -0.1) is 0 Å². The van der Waals surface area contributed by atoms with Crippen molar-refractivity contribution in [2.24, 2.45) is 5.92 Å². The molecule has 0 radical (unpaired) electrons. The number of carboxylic acids is 1. The zero-order chi connectivity index (χ0) is 14.3. The van der Waals surface area contributed by atoms with Crippen LogP contribution >= 0.6 is 15.9 Å². The molecule has 0 bridgehead atoms. The van der Waals surface area contributed by atoms with Gasteiger partial charge in [-0.2, -0.15) is 0 Å². The third-order valence-corrected chi connectivity index (χ3v) is 4.29. The lowest BCUT2D eigenvalue weighted by molar-refractivity contribution is -0.137. The Morgan fingerprint density at radius 3 is 2.80 bits per heavy atom. The number of fused-ring (bicyclic) bond motifs is 1. The zero-order valence-corrected chi connectivity index (χ0v) is 12.3. The first-order valence-electron chi connectivity index (χ1n) is 6.57. The van der Waals surface area contributed by atoms with Crippen molar-refractivity contribution < 1.29 is 23.8 Å². The van der Waals surface area contributed by atoms with E-state index in [-0.39, 0.29) is 22.7 Å². The SMILES string of the molecule is O=C(O)CC(c1c(F)c(Br)cc2c1OCCO2)C1CC1. The molecule has 1 aromatic rings. The molecule has 1 atom stereocenters. The lowest BCUT2D eigenvalue weighted by Crippen LogP contribution is -2.20. The van der Waals surface area contributed by atoms with Gasteiger partial charge in [0.1, 0.15) is 19.0 Å². The number of hydrogen-bond acceptors (Lipinski definition) is 3. The lowest BCUT2D eigenvalue weighted by atomic mass is 9.89. The highest BCUT2D eigenvalue weighted by Gasteiger charge is 2.39. The van der Waals surface area contributed by atoms with Gasteiger partial charge in [0, 0.05) is 17.5 Å². The van der Waals surface area contributed by atoms with Crippen LogP contribution in [0, 0.1) is 11.7 Å². The lowest BCUT2D eigenvalue weighted by Gasteiger charge is -2.26. The van der Waals surface area contributed by atoms with Crippen molar-refractivity contribution in [1.82, 2.24) is 0 Å². The number of benzene rings is 1. The van der Waals surface area contributed by atoms with Crippen LogP contribution in [-0.4, -0.2) is 24.3 Å². The van der Waals surface area contributed by atoms with E-state index in [0.29, 0.717) is 30.3 Å². The molecule has 0 aromatic heterocycles. The minimum absolute atomic E-state index is 0.0894. The molecule has 1 saturated carbocycles. The third kappa shape index (κ3) is 2.49. The van der Waals surface area contributed by atoms with Crippen molar-refractivity contribution in [2.45, 2.75) is 25.2 Å². The molecule has 1 unspecified atom stereocenters. The Balaban J connectivity index is 2.09. The van der Waals surface area contributed by atoms with E-state index in [1.807, 2.05) is 0 Å². The molecule has 2 aliphatic rings. The molecule has 1 heterocycles. The molecule has 4 nitrogen and oxygen atoms in total. The van der Waals surface area contributed by atoms with E-state index in [0.717, 1.165) is 12.8 Å². The van der Waals surface area contributed by atoms with E-state index in [9.17, 15) is 9.18 Å². The van der Waals surface area contributed by atoms with Crippen LogP contribution in [0.5, 0.6) is 11.5 Å². The molecule has 108 valence electrons. The summed E-state index contributed by atoms with van der Waals surface area (Å²) in [6.45, 7) is 0.767. The maximum Gasteiger partial charge on any atom is 0.303 e. The van der Waals surface area contributed by atoms with Gasteiger partial charge in [-0.05, 0) is 34.7 Å². The van der Waals surface area contributed by atoms with Gasteiger partial charge < -0.3 is 14.6 Å². The molecule has 0 spiro atoms. The highest BCUT2D eigenvalue weighted by Crippen LogP contribution is 2.51. The summed E-state index contributed by atoms with van der Waals surface area (Å²) in [4.78, 5) is 11.1. The van der Waals surface area contributed by atoms with Crippen molar-refractivity contribution in [1.29, 1.82) is 0 Å². The molecular formula is C14H14BrFO4. The van der Waals surface area contributed by atoms with E-state index in [2.05, 4.69) is 15.9 Å². The summed E-state index contributed by atoms with van der Waals surface area (Å²) in [6, 6.07) is 1.54. The number of carboxylic acid groups (broad SMARTS) is 1. The summed E-state index contributed by atoms with van der Waals surface area (Å²) in [6.07, 6.45) is 1.77. The normalized spacial score (nSPS) is 18.7. The van der Waals surface area contributed by atoms with E-state index in [1.54, 1.807) is 0 Å². The standard InChI is InChI=1S/C14H14BrFO4/c15-9-6-10-14(20-4-3-19-10)12(13(9)16)8(5-11(17)18)7-1-2-7/h6-8H,1-5H2,(H,17,18). The van der Waals surface area contributed by atoms with Crippen LogP contribution in [0.15, 0.2) is 10.5 Å². The Labute approximate surface area is 124 Å². The molecule has 1 aromatic carbocycles. The molecule has 3 rings (SSSR count). The number of ether oxygens (including phenoxy) is 2. The largest absolute Gasteiger partial charge is 0.486 e. The predicted molar refractivity (Wildman–Crippen MR) is 72.8 cm³/mol. The second kappa shape index (κ2) is 5.24. The third-order valence-electron chi connectivity index (χ3n) is 3.72. The number of rotatable bonds is 4. The topological polar surface area (TPSA) is 55.8 Å². The molecule has 1 aliphatic heterocycles. The van der Waals surface area contributed by atoms with Crippen LogP contribution in [0.3, 0.4) is 0 Å². The van der Waals surface area contributed by atoms with Gasteiger partial charge in [-0.3, -0.25) is 4.79 Å². The van der Waals surface area contributed by atoms with Gasteiger partial charge in [0.05, 0.1) is 10.9 Å².